The topological polar surface area (TPSA) is 133 Å². The first-order valence-corrected chi connectivity index (χ1v) is 14.3. The van der Waals surface area contributed by atoms with E-state index in [0.717, 1.165) is 10.4 Å². The number of para-hydroxylation sites is 1. The Bertz CT molecular complexity index is 1910. The van der Waals surface area contributed by atoms with Gasteiger partial charge in [-0.1, -0.05) is 36.4 Å². The summed E-state index contributed by atoms with van der Waals surface area (Å²) in [6.45, 7) is 1.77. The lowest BCUT2D eigenvalue weighted by Crippen LogP contribution is -2.33. The van der Waals surface area contributed by atoms with Gasteiger partial charge >= 0.3 is 0 Å². The number of hydrogen-bond donors (Lipinski definition) is 3. The van der Waals surface area contributed by atoms with Gasteiger partial charge < -0.3 is 11.1 Å². The maximum Gasteiger partial charge on any atom is 0.266 e. The average Bonchev–Trinajstić information content (AvgIpc) is 3.64. The summed E-state index contributed by atoms with van der Waals surface area (Å²) in [5, 5.41) is 7.58. The van der Waals surface area contributed by atoms with Crippen molar-refractivity contribution < 1.29 is 4.79 Å². The smallest absolute Gasteiger partial charge is 0.266 e. The van der Waals surface area contributed by atoms with Crippen LogP contribution in [0.4, 0.5) is 5.82 Å². The maximum atomic E-state index is 14.1. The van der Waals surface area contributed by atoms with Crippen LogP contribution in [-0.2, 0) is 0 Å². The number of nitrogens with one attached hydrogen (secondary N) is 1. The van der Waals surface area contributed by atoms with Crippen LogP contribution in [0.3, 0.4) is 0 Å². The normalized spacial score (nSPS) is 11.9. The molecule has 3 N–H and O–H groups in total. The third-order valence-electron chi connectivity index (χ3n) is 6.23. The second-order valence-corrected chi connectivity index (χ2v) is 9.69. The van der Waals surface area contributed by atoms with Crippen molar-refractivity contribution in [2.45, 2.75) is 13.0 Å². The van der Waals surface area contributed by atoms with E-state index in [1.807, 2.05) is 54.6 Å². The molecule has 6 aromatic rings. The van der Waals surface area contributed by atoms with E-state index in [2.05, 4.69) is 33.0 Å². The molecule has 2 aromatic carbocycles. The predicted octanol–water partition coefficient (Wildman–Crippen LogP) is 4.67. The number of fused-ring (bicyclic) bond motifs is 2. The number of anilines is 1. The van der Waals surface area contributed by atoms with Crippen LogP contribution >= 0.6 is 24.0 Å². The quantitative estimate of drug-likeness (QED) is 0.243. The first-order valence-electron chi connectivity index (χ1n) is 12.5. The van der Waals surface area contributed by atoms with Crippen molar-refractivity contribution in [2.24, 2.45) is 0 Å². The number of nitrogen functional groups attached to an aromatic ring is 1. The SMILES string of the molecule is CC(NC(=O)c1c(N)nn2cccnc12)c1nc2cccc(/C=C/c3cncs3)c2c(=O)n1-c1ccccc1.CS. The largest absolute Gasteiger partial charge is 0.381 e. The molecule has 4 aromatic heterocycles. The first-order chi connectivity index (χ1) is 20.0. The van der Waals surface area contributed by atoms with Crippen LogP contribution in [0.2, 0.25) is 0 Å². The second-order valence-electron chi connectivity index (χ2n) is 8.77. The summed E-state index contributed by atoms with van der Waals surface area (Å²) < 4.78 is 2.99. The highest BCUT2D eigenvalue weighted by atomic mass is 32.1. The molecular weight excluding hydrogens is 557 g/mol. The molecule has 0 spiro atoms. The fraction of sp³-hybridized carbons (Fsp3) is 0.103. The molecule has 0 saturated carbocycles. The molecule has 1 atom stereocenters. The van der Waals surface area contributed by atoms with E-state index in [1.165, 1.54) is 20.4 Å². The number of thiol groups is 1. The highest BCUT2D eigenvalue weighted by Gasteiger charge is 2.24. The van der Waals surface area contributed by atoms with Gasteiger partial charge in [-0.25, -0.2) is 14.5 Å². The Morgan fingerprint density at radius 2 is 1.90 bits per heavy atom. The summed E-state index contributed by atoms with van der Waals surface area (Å²) in [4.78, 5) is 41.7. The number of nitrogens with two attached hydrogens (primary N) is 1. The molecule has 0 aliphatic heterocycles. The molecule has 41 heavy (non-hydrogen) atoms. The Morgan fingerprint density at radius 1 is 1.10 bits per heavy atom. The Hall–Kier alpha value is -4.81. The minimum Gasteiger partial charge on any atom is -0.381 e. The number of aromatic nitrogens is 6. The third kappa shape index (κ3) is 5.47. The molecule has 1 unspecified atom stereocenters. The summed E-state index contributed by atoms with van der Waals surface area (Å²) in [6, 6.07) is 15.8. The number of amides is 1. The van der Waals surface area contributed by atoms with Crippen molar-refractivity contribution in [1.82, 2.24) is 34.4 Å². The summed E-state index contributed by atoms with van der Waals surface area (Å²) >= 11 is 5.04. The van der Waals surface area contributed by atoms with Crippen molar-refractivity contribution >= 4 is 64.4 Å². The lowest BCUT2D eigenvalue weighted by molar-refractivity contribution is 0.0940. The zero-order valence-electron chi connectivity index (χ0n) is 22.2. The molecule has 0 saturated heterocycles. The Morgan fingerprint density at radius 3 is 2.66 bits per heavy atom. The molecule has 0 aliphatic carbocycles. The minimum absolute atomic E-state index is 0.0580. The van der Waals surface area contributed by atoms with Gasteiger partial charge in [0.05, 0.1) is 28.1 Å². The van der Waals surface area contributed by atoms with Gasteiger partial charge in [-0.3, -0.25) is 19.1 Å². The first kappa shape index (κ1) is 27.7. The van der Waals surface area contributed by atoms with E-state index in [-0.39, 0.29) is 16.9 Å². The number of thiazole rings is 1. The maximum absolute atomic E-state index is 14.1. The zero-order valence-corrected chi connectivity index (χ0v) is 23.9. The standard InChI is InChI=1S/C28H22N8O2S.CH4S/c1-17(32-27(37)23-24(29)34-35-14-6-13-31-26(23)35)25-33-21-10-5-7-18(11-12-20-15-30-16-39-20)22(21)28(38)36(25)19-8-3-2-4-9-19;1-2/h2-17H,1H3,(H2,29,34)(H,32,37);2H,1H3/b12-11+;. The van der Waals surface area contributed by atoms with Gasteiger partial charge in [-0.05, 0) is 49.1 Å². The minimum atomic E-state index is -0.663. The lowest BCUT2D eigenvalue weighted by atomic mass is 10.1. The van der Waals surface area contributed by atoms with Gasteiger partial charge in [0.15, 0.2) is 11.5 Å². The third-order valence-corrected chi connectivity index (χ3v) is 6.97. The van der Waals surface area contributed by atoms with Gasteiger partial charge in [0.2, 0.25) is 0 Å². The van der Waals surface area contributed by atoms with E-state index in [0.29, 0.717) is 28.1 Å². The zero-order chi connectivity index (χ0) is 28.9. The monoisotopic (exact) mass is 582 g/mol. The molecule has 0 radical (unpaired) electrons. The number of carbonyl (C=O) groups excluding carboxylic acids is 1. The van der Waals surface area contributed by atoms with Crippen LogP contribution in [0.25, 0.3) is 34.4 Å². The Kier molecular flexibility index (Phi) is 8.22. The number of benzene rings is 2. The average molecular weight is 583 g/mol. The summed E-state index contributed by atoms with van der Waals surface area (Å²) in [5.41, 5.74) is 9.94. The summed E-state index contributed by atoms with van der Waals surface area (Å²) in [7, 11) is 0. The Balaban J connectivity index is 0.00000165. The van der Waals surface area contributed by atoms with Crippen LogP contribution in [0.5, 0.6) is 0 Å². The van der Waals surface area contributed by atoms with Crippen LogP contribution in [-0.4, -0.2) is 41.3 Å². The van der Waals surface area contributed by atoms with Crippen LogP contribution in [0.1, 0.15) is 39.6 Å². The van der Waals surface area contributed by atoms with E-state index in [1.54, 1.807) is 49.4 Å². The molecule has 4 heterocycles. The van der Waals surface area contributed by atoms with Gasteiger partial charge in [-0.2, -0.15) is 12.6 Å². The fourth-order valence-electron chi connectivity index (χ4n) is 4.46. The van der Waals surface area contributed by atoms with Crippen molar-refractivity contribution in [3.63, 3.8) is 0 Å². The summed E-state index contributed by atoms with van der Waals surface area (Å²) in [6.07, 6.45) is 10.5. The van der Waals surface area contributed by atoms with Gasteiger partial charge in [0, 0.05) is 23.5 Å². The number of carbonyl (C=O) groups is 1. The van der Waals surface area contributed by atoms with E-state index < -0.39 is 11.9 Å². The van der Waals surface area contributed by atoms with E-state index in [4.69, 9.17) is 10.7 Å². The highest BCUT2D eigenvalue weighted by Crippen LogP contribution is 2.23. The Labute approximate surface area is 244 Å². The second kappa shape index (κ2) is 12.1. The number of rotatable bonds is 6. The molecule has 10 nitrogen and oxygen atoms in total. The van der Waals surface area contributed by atoms with Crippen LogP contribution in [0, 0.1) is 0 Å². The molecule has 6 rings (SSSR count). The summed E-state index contributed by atoms with van der Waals surface area (Å²) in [5.74, 6) is -0.0368. The molecule has 1 amide bonds. The molecule has 0 bridgehead atoms. The molecular formula is C29H26N8O2S2. The highest BCUT2D eigenvalue weighted by molar-refractivity contribution is 7.79. The van der Waals surface area contributed by atoms with Crippen LogP contribution in [0.15, 0.2) is 83.5 Å². The van der Waals surface area contributed by atoms with Gasteiger partial charge in [0.1, 0.15) is 11.4 Å². The number of hydrogen-bond acceptors (Lipinski definition) is 9. The van der Waals surface area contributed by atoms with E-state index >= 15 is 0 Å². The molecule has 0 fully saturated rings. The molecule has 0 aliphatic rings. The lowest BCUT2D eigenvalue weighted by Gasteiger charge is -2.20. The van der Waals surface area contributed by atoms with Crippen LogP contribution < -0.4 is 16.6 Å². The number of nitrogens with zero attached hydrogens (tertiary/aromatic N) is 6. The fourth-order valence-corrected chi connectivity index (χ4v) is 4.98. The van der Waals surface area contributed by atoms with Crippen molar-refractivity contribution in [3.05, 3.63) is 111 Å². The van der Waals surface area contributed by atoms with E-state index in [9.17, 15) is 9.59 Å². The van der Waals surface area contributed by atoms with Crippen molar-refractivity contribution in [3.8, 4) is 5.69 Å². The van der Waals surface area contributed by atoms with Crippen molar-refractivity contribution in [1.29, 1.82) is 0 Å². The van der Waals surface area contributed by atoms with Gasteiger partial charge in [-0.15, -0.1) is 16.4 Å². The molecule has 12 heteroatoms. The van der Waals surface area contributed by atoms with Crippen molar-refractivity contribution in [2.75, 3.05) is 12.0 Å². The molecule has 206 valence electrons. The predicted molar refractivity (Wildman–Crippen MR) is 167 cm³/mol. The van der Waals surface area contributed by atoms with Gasteiger partial charge in [0.25, 0.3) is 11.5 Å².